The summed E-state index contributed by atoms with van der Waals surface area (Å²) in [5.41, 5.74) is 4.98. The van der Waals surface area contributed by atoms with Gasteiger partial charge in [-0.25, -0.2) is 0 Å². The molecule has 5 nitrogen and oxygen atoms in total. The van der Waals surface area contributed by atoms with Gasteiger partial charge in [0, 0.05) is 37.0 Å². The first kappa shape index (κ1) is 19.8. The van der Waals surface area contributed by atoms with Crippen molar-refractivity contribution in [1.29, 1.82) is 0 Å². The lowest BCUT2D eigenvalue weighted by Gasteiger charge is -2.24. The van der Waals surface area contributed by atoms with Crippen molar-refractivity contribution in [2.24, 2.45) is 0 Å². The third-order valence-corrected chi connectivity index (χ3v) is 6.36. The molecule has 0 aromatic heterocycles. The molecular weight excluding hydrogens is 362 g/mol. The summed E-state index contributed by atoms with van der Waals surface area (Å²) in [6.45, 7) is 5.72. The molecule has 1 amide bonds. The van der Waals surface area contributed by atoms with Crippen molar-refractivity contribution < 1.29 is 9.53 Å². The number of amides is 1. The highest BCUT2D eigenvalue weighted by Crippen LogP contribution is 2.44. The van der Waals surface area contributed by atoms with Gasteiger partial charge in [-0.05, 0) is 62.6 Å². The number of rotatable bonds is 5. The van der Waals surface area contributed by atoms with Crippen molar-refractivity contribution in [1.82, 2.24) is 5.32 Å². The third-order valence-electron chi connectivity index (χ3n) is 6.36. The first-order chi connectivity index (χ1) is 13.9. The second-order valence-corrected chi connectivity index (χ2v) is 8.65. The summed E-state index contributed by atoms with van der Waals surface area (Å²) in [4.78, 5) is 14.4. The van der Waals surface area contributed by atoms with Crippen molar-refractivity contribution in [3.8, 4) is 5.75 Å². The summed E-state index contributed by atoms with van der Waals surface area (Å²) in [5, 5.41) is 7.17. The fourth-order valence-corrected chi connectivity index (χ4v) is 4.56. The first-order valence-electron chi connectivity index (χ1n) is 10.5. The molecule has 0 bridgehead atoms. The SMILES string of the molecule is COc1cc2c(cc1CNc1cccc([C@@H]3CCCCN3)c1)C(C)(C)C(=O)N2C. The lowest BCUT2D eigenvalue weighted by atomic mass is 9.85. The minimum absolute atomic E-state index is 0.118. The van der Waals surface area contributed by atoms with Crippen LogP contribution in [-0.4, -0.2) is 26.6 Å². The standard InChI is InChI=1S/C24H31N3O2/c1-24(2)19-13-17(22(29-4)14-21(19)27(3)23(24)28)15-26-18-9-7-8-16(12-18)20-10-5-6-11-25-20/h7-9,12-14,20,25-26H,5-6,10-11,15H2,1-4H3/t20-/m0/s1. The Kier molecular flexibility index (Phi) is 5.26. The number of nitrogens with zero attached hydrogens (tertiary/aromatic N) is 1. The highest BCUT2D eigenvalue weighted by atomic mass is 16.5. The number of benzene rings is 2. The lowest BCUT2D eigenvalue weighted by Crippen LogP contribution is -2.33. The molecule has 4 rings (SSSR count). The summed E-state index contributed by atoms with van der Waals surface area (Å²) >= 11 is 0. The maximum absolute atomic E-state index is 12.6. The molecule has 2 aromatic carbocycles. The molecule has 0 spiro atoms. The molecule has 0 unspecified atom stereocenters. The van der Waals surface area contributed by atoms with Crippen LogP contribution in [0.4, 0.5) is 11.4 Å². The van der Waals surface area contributed by atoms with Crippen LogP contribution in [-0.2, 0) is 16.8 Å². The van der Waals surface area contributed by atoms with E-state index in [0.29, 0.717) is 12.6 Å². The quantitative estimate of drug-likeness (QED) is 0.792. The number of hydrogen-bond acceptors (Lipinski definition) is 4. The van der Waals surface area contributed by atoms with E-state index in [0.717, 1.165) is 34.8 Å². The van der Waals surface area contributed by atoms with Gasteiger partial charge < -0.3 is 20.3 Å². The van der Waals surface area contributed by atoms with Gasteiger partial charge in [0.15, 0.2) is 0 Å². The number of ether oxygens (including phenoxy) is 1. The van der Waals surface area contributed by atoms with Crippen molar-refractivity contribution >= 4 is 17.3 Å². The lowest BCUT2D eigenvalue weighted by molar-refractivity contribution is -0.121. The largest absolute Gasteiger partial charge is 0.496 e. The molecule has 5 heteroatoms. The number of hydrogen-bond donors (Lipinski definition) is 2. The van der Waals surface area contributed by atoms with Crippen molar-refractivity contribution in [2.45, 2.75) is 51.1 Å². The molecule has 1 saturated heterocycles. The van der Waals surface area contributed by atoms with E-state index >= 15 is 0 Å². The zero-order valence-electron chi connectivity index (χ0n) is 17.8. The Morgan fingerprint density at radius 3 is 2.79 bits per heavy atom. The molecule has 29 heavy (non-hydrogen) atoms. The van der Waals surface area contributed by atoms with Crippen molar-refractivity contribution in [3.05, 3.63) is 53.1 Å². The number of anilines is 2. The van der Waals surface area contributed by atoms with Crippen LogP contribution in [0, 0.1) is 0 Å². The van der Waals surface area contributed by atoms with Gasteiger partial charge in [-0.2, -0.15) is 0 Å². The van der Waals surface area contributed by atoms with E-state index in [-0.39, 0.29) is 5.91 Å². The van der Waals surface area contributed by atoms with Crippen molar-refractivity contribution in [3.63, 3.8) is 0 Å². The van der Waals surface area contributed by atoms with Gasteiger partial charge in [0.1, 0.15) is 5.75 Å². The van der Waals surface area contributed by atoms with Crippen LogP contribution in [0.3, 0.4) is 0 Å². The fourth-order valence-electron chi connectivity index (χ4n) is 4.56. The van der Waals surface area contributed by atoms with Gasteiger partial charge in [-0.1, -0.05) is 18.6 Å². The van der Waals surface area contributed by atoms with Crippen molar-refractivity contribution in [2.75, 3.05) is 30.9 Å². The van der Waals surface area contributed by atoms with Crippen LogP contribution >= 0.6 is 0 Å². The number of likely N-dealkylation sites (N-methyl/N-ethyl adjacent to an activating group) is 1. The van der Waals surface area contributed by atoms with Gasteiger partial charge in [0.25, 0.3) is 0 Å². The second kappa shape index (κ2) is 7.71. The average molecular weight is 394 g/mol. The Morgan fingerprint density at radius 1 is 1.24 bits per heavy atom. The maximum atomic E-state index is 12.6. The monoisotopic (exact) mass is 393 g/mol. The smallest absolute Gasteiger partial charge is 0.236 e. The Hall–Kier alpha value is -2.53. The molecule has 0 saturated carbocycles. The van der Waals surface area contributed by atoms with Crippen LogP contribution in [0.1, 0.15) is 55.8 Å². The molecule has 2 N–H and O–H groups in total. The van der Waals surface area contributed by atoms with Crippen LogP contribution in [0.25, 0.3) is 0 Å². The summed E-state index contributed by atoms with van der Waals surface area (Å²) in [6, 6.07) is 13.2. The molecule has 1 fully saturated rings. The molecule has 0 aliphatic carbocycles. The minimum Gasteiger partial charge on any atom is -0.496 e. The maximum Gasteiger partial charge on any atom is 0.236 e. The van der Waals surface area contributed by atoms with Gasteiger partial charge >= 0.3 is 0 Å². The Balaban J connectivity index is 1.56. The molecule has 154 valence electrons. The summed E-state index contributed by atoms with van der Waals surface area (Å²) in [6.07, 6.45) is 3.74. The Labute approximate surface area is 173 Å². The highest BCUT2D eigenvalue weighted by molar-refractivity contribution is 6.07. The van der Waals surface area contributed by atoms with Gasteiger partial charge in [0.2, 0.25) is 5.91 Å². The fraction of sp³-hybridized carbons (Fsp3) is 0.458. The van der Waals surface area contributed by atoms with E-state index in [4.69, 9.17) is 4.74 Å². The molecule has 2 aliphatic heterocycles. The van der Waals surface area contributed by atoms with E-state index < -0.39 is 5.41 Å². The molecule has 2 heterocycles. The van der Waals surface area contributed by atoms with Crippen LogP contribution < -0.4 is 20.3 Å². The number of piperidine rings is 1. The van der Waals surface area contributed by atoms with Crippen LogP contribution in [0.5, 0.6) is 5.75 Å². The number of fused-ring (bicyclic) bond motifs is 1. The van der Waals surface area contributed by atoms with Gasteiger partial charge in [0.05, 0.1) is 18.2 Å². The second-order valence-electron chi connectivity index (χ2n) is 8.65. The summed E-state index contributed by atoms with van der Waals surface area (Å²) < 4.78 is 5.64. The molecule has 2 aromatic rings. The van der Waals surface area contributed by atoms with E-state index in [1.54, 1.807) is 12.0 Å². The van der Waals surface area contributed by atoms with E-state index in [9.17, 15) is 4.79 Å². The Bertz CT molecular complexity index is 916. The number of carbonyl (C=O) groups is 1. The molecule has 1 atom stereocenters. The summed E-state index contributed by atoms with van der Waals surface area (Å²) in [5.74, 6) is 0.922. The normalized spacial score (nSPS) is 20.5. The van der Waals surface area contributed by atoms with Gasteiger partial charge in [-0.3, -0.25) is 4.79 Å². The molecular formula is C24H31N3O2. The third kappa shape index (κ3) is 3.60. The van der Waals surface area contributed by atoms with Crippen LogP contribution in [0.15, 0.2) is 36.4 Å². The van der Waals surface area contributed by atoms with E-state index in [1.807, 2.05) is 27.0 Å². The number of methoxy groups -OCH3 is 1. The molecule has 0 radical (unpaired) electrons. The van der Waals surface area contributed by atoms with E-state index in [2.05, 4.69) is 41.0 Å². The predicted molar refractivity (Wildman–Crippen MR) is 118 cm³/mol. The highest BCUT2D eigenvalue weighted by Gasteiger charge is 2.42. The van der Waals surface area contributed by atoms with E-state index in [1.165, 1.54) is 24.8 Å². The average Bonchev–Trinajstić information content (AvgIpc) is 2.92. The Morgan fingerprint density at radius 2 is 2.07 bits per heavy atom. The number of nitrogens with one attached hydrogen (secondary N) is 2. The first-order valence-corrected chi connectivity index (χ1v) is 10.5. The zero-order chi connectivity index (χ0) is 20.6. The zero-order valence-corrected chi connectivity index (χ0v) is 17.8. The number of carbonyl (C=O) groups excluding carboxylic acids is 1. The van der Waals surface area contributed by atoms with Crippen LogP contribution in [0.2, 0.25) is 0 Å². The minimum atomic E-state index is -0.516. The summed E-state index contributed by atoms with van der Waals surface area (Å²) in [7, 11) is 3.51. The topological polar surface area (TPSA) is 53.6 Å². The predicted octanol–water partition coefficient (Wildman–Crippen LogP) is 4.38. The van der Waals surface area contributed by atoms with Gasteiger partial charge in [-0.15, -0.1) is 0 Å². The molecule has 2 aliphatic rings.